The molecule has 0 unspecified atom stereocenters. The van der Waals surface area contributed by atoms with Crippen LogP contribution in [0, 0.1) is 11.6 Å². The topological polar surface area (TPSA) is 88.1 Å². The smallest absolute Gasteiger partial charge is 0.246 e. The third-order valence-electron chi connectivity index (χ3n) is 5.06. The lowest BCUT2D eigenvalue weighted by Crippen LogP contribution is -2.26. The van der Waals surface area contributed by atoms with Gasteiger partial charge in [-0.05, 0) is 24.3 Å². The van der Waals surface area contributed by atoms with Crippen LogP contribution in [-0.4, -0.2) is 27.7 Å². The molecule has 0 atom stereocenters. The minimum atomic E-state index is -4.19. The molecule has 0 saturated heterocycles. The van der Waals surface area contributed by atoms with E-state index in [1.807, 2.05) is 30.3 Å². The zero-order valence-electron chi connectivity index (χ0n) is 16.0. The van der Waals surface area contributed by atoms with Gasteiger partial charge < -0.3 is 5.32 Å². The fourth-order valence-corrected chi connectivity index (χ4v) is 4.94. The Morgan fingerprint density at radius 2 is 1.81 bits per heavy atom. The van der Waals surface area contributed by atoms with Gasteiger partial charge in [-0.25, -0.2) is 27.2 Å². The number of sulfonamides is 1. The summed E-state index contributed by atoms with van der Waals surface area (Å²) < 4.78 is 54.3. The molecular formula is C21H15F2N5O2S. The Hall–Kier alpha value is -3.50. The van der Waals surface area contributed by atoms with Crippen LogP contribution in [0.4, 0.5) is 20.3 Å². The molecule has 5 rings (SSSR count). The van der Waals surface area contributed by atoms with Crippen LogP contribution in [0.25, 0.3) is 10.9 Å². The monoisotopic (exact) mass is 439 g/mol. The second kappa shape index (κ2) is 7.33. The molecule has 0 fully saturated rings. The summed E-state index contributed by atoms with van der Waals surface area (Å²) in [6, 6.07) is 11.9. The van der Waals surface area contributed by atoms with Gasteiger partial charge in [0.1, 0.15) is 28.7 Å². The summed E-state index contributed by atoms with van der Waals surface area (Å²) >= 11 is 0. The van der Waals surface area contributed by atoms with Gasteiger partial charge in [-0.15, -0.1) is 0 Å². The maximum Gasteiger partial charge on any atom is 0.246 e. The van der Waals surface area contributed by atoms with Crippen LogP contribution in [0.5, 0.6) is 0 Å². The molecule has 10 heteroatoms. The van der Waals surface area contributed by atoms with E-state index in [9.17, 15) is 17.2 Å². The van der Waals surface area contributed by atoms with Crippen LogP contribution < -0.4 is 5.32 Å². The van der Waals surface area contributed by atoms with Crippen LogP contribution in [0.1, 0.15) is 11.3 Å². The molecule has 3 heterocycles. The standard InChI is InChI=1S/C21H15F2N5O2S/c22-14-5-6-20(17(23)8-14)31(29,30)28-10-16-19(11-28)25-12-26-21(16)27-15-7-13-3-1-2-4-18(13)24-9-15/h1-9,12H,10-11H2,(H,25,26,27). The largest absolute Gasteiger partial charge is 0.339 e. The van der Waals surface area contributed by atoms with Gasteiger partial charge in [-0.3, -0.25) is 4.98 Å². The maximum absolute atomic E-state index is 14.1. The van der Waals surface area contributed by atoms with Gasteiger partial charge in [0.15, 0.2) is 0 Å². The summed E-state index contributed by atoms with van der Waals surface area (Å²) in [7, 11) is -4.19. The SMILES string of the molecule is O=S(=O)(c1ccc(F)cc1F)N1Cc2ncnc(Nc3cnc4ccccc4c3)c2C1. The van der Waals surface area contributed by atoms with Crippen molar-refractivity contribution < 1.29 is 17.2 Å². The molecule has 2 aromatic heterocycles. The van der Waals surface area contributed by atoms with E-state index in [1.165, 1.54) is 6.33 Å². The second-order valence-corrected chi connectivity index (χ2v) is 8.94. The van der Waals surface area contributed by atoms with Gasteiger partial charge in [-0.1, -0.05) is 18.2 Å². The van der Waals surface area contributed by atoms with E-state index in [0.29, 0.717) is 28.8 Å². The van der Waals surface area contributed by atoms with Crippen molar-refractivity contribution in [2.75, 3.05) is 5.32 Å². The molecule has 0 saturated carbocycles. The lowest BCUT2D eigenvalue weighted by molar-refractivity contribution is 0.424. The molecule has 0 aliphatic carbocycles. The molecule has 1 aliphatic rings. The van der Waals surface area contributed by atoms with Crippen LogP contribution in [0.2, 0.25) is 0 Å². The van der Waals surface area contributed by atoms with Crippen molar-refractivity contribution in [2.24, 2.45) is 0 Å². The number of anilines is 2. The predicted octanol–water partition coefficient (Wildman–Crippen LogP) is 3.75. The highest BCUT2D eigenvalue weighted by atomic mass is 32.2. The molecule has 7 nitrogen and oxygen atoms in total. The van der Waals surface area contributed by atoms with Crippen molar-refractivity contribution in [3.63, 3.8) is 0 Å². The molecule has 2 aromatic carbocycles. The first-order valence-corrected chi connectivity index (χ1v) is 10.8. The third-order valence-corrected chi connectivity index (χ3v) is 6.89. The lowest BCUT2D eigenvalue weighted by atomic mass is 10.2. The van der Waals surface area contributed by atoms with E-state index in [2.05, 4.69) is 20.3 Å². The predicted molar refractivity (Wildman–Crippen MR) is 110 cm³/mol. The number of benzene rings is 2. The molecule has 1 aliphatic heterocycles. The first kappa shape index (κ1) is 19.5. The summed E-state index contributed by atoms with van der Waals surface area (Å²) in [6.45, 7) is -0.0830. The van der Waals surface area contributed by atoms with Gasteiger partial charge in [0.25, 0.3) is 0 Å². The third kappa shape index (κ3) is 3.49. The number of fused-ring (bicyclic) bond motifs is 2. The van der Waals surface area contributed by atoms with E-state index in [-0.39, 0.29) is 13.1 Å². The van der Waals surface area contributed by atoms with Gasteiger partial charge in [0.05, 0.1) is 29.6 Å². The fourth-order valence-electron chi connectivity index (χ4n) is 3.53. The molecule has 156 valence electrons. The lowest BCUT2D eigenvalue weighted by Gasteiger charge is -2.16. The molecule has 0 amide bonds. The van der Waals surface area contributed by atoms with Crippen molar-refractivity contribution in [1.29, 1.82) is 0 Å². The average Bonchev–Trinajstić information content (AvgIpc) is 3.20. The Morgan fingerprint density at radius 3 is 2.65 bits per heavy atom. The fraction of sp³-hybridized carbons (Fsp3) is 0.0952. The van der Waals surface area contributed by atoms with Crippen molar-refractivity contribution >= 4 is 32.4 Å². The first-order chi connectivity index (χ1) is 14.9. The number of nitrogens with zero attached hydrogens (tertiary/aromatic N) is 4. The van der Waals surface area contributed by atoms with Gasteiger partial charge in [0.2, 0.25) is 10.0 Å². The normalized spacial score (nSPS) is 14.0. The molecule has 4 aromatic rings. The summed E-state index contributed by atoms with van der Waals surface area (Å²) in [5, 5.41) is 4.11. The van der Waals surface area contributed by atoms with Crippen molar-refractivity contribution in [3.05, 3.63) is 83.9 Å². The molecule has 0 radical (unpaired) electrons. The van der Waals surface area contributed by atoms with Crippen LogP contribution in [-0.2, 0) is 23.1 Å². The molecule has 1 N–H and O–H groups in total. The maximum atomic E-state index is 14.1. The number of halogens is 2. The number of pyridine rings is 1. The summed E-state index contributed by atoms with van der Waals surface area (Å²) in [6.07, 6.45) is 3.00. The molecule has 0 spiro atoms. The Labute approximate surface area is 176 Å². The Balaban J connectivity index is 1.45. The Morgan fingerprint density at radius 1 is 0.968 bits per heavy atom. The quantitative estimate of drug-likeness (QED) is 0.521. The van der Waals surface area contributed by atoms with E-state index in [4.69, 9.17) is 0 Å². The van der Waals surface area contributed by atoms with E-state index >= 15 is 0 Å². The van der Waals surface area contributed by atoms with Crippen LogP contribution in [0.3, 0.4) is 0 Å². The number of hydrogen-bond donors (Lipinski definition) is 1. The zero-order valence-corrected chi connectivity index (χ0v) is 16.8. The highest BCUT2D eigenvalue weighted by Gasteiger charge is 2.35. The number of nitrogens with one attached hydrogen (secondary N) is 1. The van der Waals surface area contributed by atoms with E-state index < -0.39 is 26.6 Å². The summed E-state index contributed by atoms with van der Waals surface area (Å²) in [4.78, 5) is 12.2. The van der Waals surface area contributed by atoms with Crippen molar-refractivity contribution in [3.8, 4) is 0 Å². The Bertz CT molecular complexity index is 1430. The zero-order chi connectivity index (χ0) is 21.6. The van der Waals surface area contributed by atoms with Crippen molar-refractivity contribution in [2.45, 2.75) is 18.0 Å². The van der Waals surface area contributed by atoms with Gasteiger partial charge >= 0.3 is 0 Å². The highest BCUT2D eigenvalue weighted by molar-refractivity contribution is 7.89. The molecule has 0 bridgehead atoms. The van der Waals surface area contributed by atoms with Gasteiger partial charge in [-0.2, -0.15) is 4.31 Å². The Kier molecular flexibility index (Phi) is 4.60. The summed E-state index contributed by atoms with van der Waals surface area (Å²) in [5.41, 5.74) is 2.63. The minimum Gasteiger partial charge on any atom is -0.339 e. The average molecular weight is 439 g/mol. The first-order valence-electron chi connectivity index (χ1n) is 9.31. The summed E-state index contributed by atoms with van der Waals surface area (Å²) in [5.74, 6) is -1.54. The van der Waals surface area contributed by atoms with Crippen molar-refractivity contribution in [1.82, 2.24) is 19.3 Å². The highest BCUT2D eigenvalue weighted by Crippen LogP contribution is 2.33. The minimum absolute atomic E-state index is 0.0400. The molecular weight excluding hydrogens is 424 g/mol. The van der Waals surface area contributed by atoms with E-state index in [0.717, 1.165) is 27.3 Å². The number of hydrogen-bond acceptors (Lipinski definition) is 6. The van der Waals surface area contributed by atoms with Crippen LogP contribution >= 0.6 is 0 Å². The van der Waals surface area contributed by atoms with Gasteiger partial charge in [0, 0.05) is 23.6 Å². The number of aromatic nitrogens is 3. The number of para-hydroxylation sites is 1. The van der Waals surface area contributed by atoms with E-state index in [1.54, 1.807) is 6.20 Å². The second-order valence-electron chi connectivity index (χ2n) is 7.04. The molecule has 31 heavy (non-hydrogen) atoms. The van der Waals surface area contributed by atoms with Crippen LogP contribution in [0.15, 0.2) is 66.0 Å². The number of rotatable bonds is 4.